The van der Waals surface area contributed by atoms with Gasteiger partial charge in [0.1, 0.15) is 5.69 Å². The number of carbonyl (C=O) groups is 1. The van der Waals surface area contributed by atoms with Crippen LogP contribution < -0.4 is 9.62 Å². The van der Waals surface area contributed by atoms with E-state index in [0.29, 0.717) is 30.0 Å². The third-order valence-electron chi connectivity index (χ3n) is 4.01. The molecule has 25 heavy (non-hydrogen) atoms. The molecule has 134 valence electrons. The van der Waals surface area contributed by atoms with E-state index in [4.69, 9.17) is 0 Å². The second kappa shape index (κ2) is 6.76. The Morgan fingerprint density at radius 1 is 1.28 bits per heavy atom. The quantitative estimate of drug-likeness (QED) is 0.883. The first kappa shape index (κ1) is 17.9. The highest BCUT2D eigenvalue weighted by Gasteiger charge is 2.28. The Balaban J connectivity index is 1.77. The number of thiazole rings is 1. The van der Waals surface area contributed by atoms with Gasteiger partial charge in [-0.25, -0.2) is 13.4 Å². The van der Waals surface area contributed by atoms with Crippen molar-refractivity contribution in [3.8, 4) is 0 Å². The first-order valence-electron chi connectivity index (χ1n) is 8.17. The summed E-state index contributed by atoms with van der Waals surface area (Å²) in [5.41, 5.74) is 1.71. The Morgan fingerprint density at radius 3 is 2.52 bits per heavy atom. The van der Waals surface area contributed by atoms with E-state index in [1.807, 2.05) is 20.8 Å². The Bertz CT molecular complexity index is 886. The molecule has 1 fully saturated rings. The number of nitrogens with one attached hydrogen (secondary N) is 1. The SMILES string of the molecule is Cc1nc(C(=O)Nc2ccc(N3CCCS3(=O)=O)cc2)c(C(C)C)s1. The third-order valence-corrected chi connectivity index (χ3v) is 7.15. The van der Waals surface area contributed by atoms with Crippen molar-refractivity contribution in [1.82, 2.24) is 4.98 Å². The molecule has 1 saturated heterocycles. The van der Waals surface area contributed by atoms with E-state index in [2.05, 4.69) is 10.3 Å². The molecule has 0 bridgehead atoms. The topological polar surface area (TPSA) is 79.4 Å². The van der Waals surface area contributed by atoms with E-state index in [1.165, 1.54) is 15.6 Å². The van der Waals surface area contributed by atoms with E-state index in [9.17, 15) is 13.2 Å². The Kier molecular flexibility index (Phi) is 4.83. The van der Waals surface area contributed by atoms with Crippen LogP contribution in [-0.2, 0) is 10.0 Å². The van der Waals surface area contributed by atoms with Gasteiger partial charge in [0, 0.05) is 17.1 Å². The van der Waals surface area contributed by atoms with Crippen molar-refractivity contribution in [3.05, 3.63) is 39.8 Å². The molecule has 8 heteroatoms. The summed E-state index contributed by atoms with van der Waals surface area (Å²) in [6.07, 6.45) is 0.641. The average Bonchev–Trinajstić information content (AvgIpc) is 3.10. The van der Waals surface area contributed by atoms with Crippen molar-refractivity contribution in [2.24, 2.45) is 0 Å². The molecule has 0 radical (unpaired) electrons. The number of hydrogen-bond donors (Lipinski definition) is 1. The Hall–Kier alpha value is -1.93. The molecule has 1 N–H and O–H groups in total. The van der Waals surface area contributed by atoms with E-state index in [0.717, 1.165) is 9.88 Å². The molecule has 0 unspecified atom stereocenters. The largest absolute Gasteiger partial charge is 0.321 e. The molecule has 0 saturated carbocycles. The van der Waals surface area contributed by atoms with Crippen molar-refractivity contribution in [2.75, 3.05) is 21.9 Å². The van der Waals surface area contributed by atoms with Crippen LogP contribution >= 0.6 is 11.3 Å². The summed E-state index contributed by atoms with van der Waals surface area (Å²) < 4.78 is 25.3. The van der Waals surface area contributed by atoms with Crippen LogP contribution in [0.25, 0.3) is 0 Å². The minimum absolute atomic E-state index is 0.187. The Morgan fingerprint density at radius 2 is 1.96 bits per heavy atom. The molecule has 2 aromatic rings. The van der Waals surface area contributed by atoms with Gasteiger partial charge in [-0.1, -0.05) is 13.8 Å². The van der Waals surface area contributed by atoms with Gasteiger partial charge >= 0.3 is 0 Å². The molecule has 0 aliphatic carbocycles. The summed E-state index contributed by atoms with van der Waals surface area (Å²) in [6, 6.07) is 6.87. The zero-order chi connectivity index (χ0) is 18.2. The molecular weight excluding hydrogens is 358 g/mol. The molecule has 0 atom stereocenters. The maximum absolute atomic E-state index is 12.5. The predicted molar refractivity (Wildman–Crippen MR) is 101 cm³/mol. The lowest BCUT2D eigenvalue weighted by Crippen LogP contribution is -2.25. The summed E-state index contributed by atoms with van der Waals surface area (Å²) in [5, 5.41) is 3.71. The van der Waals surface area contributed by atoms with Crippen LogP contribution in [0.2, 0.25) is 0 Å². The smallest absolute Gasteiger partial charge is 0.275 e. The lowest BCUT2D eigenvalue weighted by molar-refractivity contribution is 0.102. The number of amides is 1. The number of benzene rings is 1. The van der Waals surface area contributed by atoms with Gasteiger partial charge in [-0.3, -0.25) is 9.10 Å². The molecule has 2 heterocycles. The number of hydrogen-bond acceptors (Lipinski definition) is 5. The highest BCUT2D eigenvalue weighted by atomic mass is 32.2. The van der Waals surface area contributed by atoms with Gasteiger partial charge < -0.3 is 5.32 Å². The fraction of sp³-hybridized carbons (Fsp3) is 0.412. The number of rotatable bonds is 4. The number of aromatic nitrogens is 1. The summed E-state index contributed by atoms with van der Waals surface area (Å²) in [4.78, 5) is 17.8. The fourth-order valence-corrected chi connectivity index (χ4v) is 5.32. The second-order valence-electron chi connectivity index (χ2n) is 6.34. The molecule has 1 aromatic carbocycles. The molecule has 1 amide bonds. The highest BCUT2D eigenvalue weighted by Crippen LogP contribution is 2.28. The van der Waals surface area contributed by atoms with Crippen LogP contribution in [0.1, 0.15) is 46.6 Å². The maximum atomic E-state index is 12.5. The van der Waals surface area contributed by atoms with Gasteiger partial charge in [-0.15, -0.1) is 11.3 Å². The zero-order valence-electron chi connectivity index (χ0n) is 14.4. The van der Waals surface area contributed by atoms with Crippen LogP contribution in [0, 0.1) is 6.92 Å². The van der Waals surface area contributed by atoms with Crippen LogP contribution in [0.3, 0.4) is 0 Å². The fourth-order valence-electron chi connectivity index (χ4n) is 2.83. The summed E-state index contributed by atoms with van der Waals surface area (Å²) in [7, 11) is -3.19. The Labute approximate surface area is 151 Å². The average molecular weight is 380 g/mol. The van der Waals surface area contributed by atoms with Gasteiger partial charge in [0.05, 0.1) is 16.4 Å². The zero-order valence-corrected chi connectivity index (χ0v) is 16.1. The van der Waals surface area contributed by atoms with Gasteiger partial charge in [0.25, 0.3) is 5.91 Å². The lowest BCUT2D eigenvalue weighted by atomic mass is 10.1. The van der Waals surface area contributed by atoms with Crippen molar-refractivity contribution < 1.29 is 13.2 Å². The normalized spacial score (nSPS) is 16.4. The summed E-state index contributed by atoms with van der Waals surface area (Å²) in [5.74, 6) is 0.177. The first-order chi connectivity index (χ1) is 11.8. The number of carbonyl (C=O) groups excluding carboxylic acids is 1. The van der Waals surface area contributed by atoms with Crippen molar-refractivity contribution in [3.63, 3.8) is 0 Å². The molecule has 6 nitrogen and oxygen atoms in total. The van der Waals surface area contributed by atoms with Crippen LogP contribution in [0.15, 0.2) is 24.3 Å². The summed E-state index contributed by atoms with van der Waals surface area (Å²) >= 11 is 1.54. The number of aryl methyl sites for hydroxylation is 1. The highest BCUT2D eigenvalue weighted by molar-refractivity contribution is 7.93. The predicted octanol–water partition coefficient (Wildman–Crippen LogP) is 3.37. The van der Waals surface area contributed by atoms with Crippen LogP contribution in [0.4, 0.5) is 11.4 Å². The van der Waals surface area contributed by atoms with E-state index >= 15 is 0 Å². The monoisotopic (exact) mass is 379 g/mol. The van der Waals surface area contributed by atoms with Gasteiger partial charge in [0.2, 0.25) is 10.0 Å². The van der Waals surface area contributed by atoms with Gasteiger partial charge in [0.15, 0.2) is 0 Å². The van der Waals surface area contributed by atoms with Crippen LogP contribution in [0.5, 0.6) is 0 Å². The minimum Gasteiger partial charge on any atom is -0.321 e. The molecule has 1 aliphatic heterocycles. The lowest BCUT2D eigenvalue weighted by Gasteiger charge is -2.17. The van der Waals surface area contributed by atoms with Gasteiger partial charge in [-0.05, 0) is 43.5 Å². The molecule has 0 spiro atoms. The molecule has 1 aliphatic rings. The van der Waals surface area contributed by atoms with Crippen molar-refractivity contribution in [2.45, 2.75) is 33.1 Å². The molecule has 3 rings (SSSR count). The number of anilines is 2. The number of nitrogens with zero attached hydrogens (tertiary/aromatic N) is 2. The third kappa shape index (κ3) is 3.69. The first-order valence-corrected chi connectivity index (χ1v) is 10.6. The summed E-state index contributed by atoms with van der Waals surface area (Å²) in [6.45, 7) is 6.46. The molecule has 1 aromatic heterocycles. The number of sulfonamides is 1. The van der Waals surface area contributed by atoms with Crippen molar-refractivity contribution in [1.29, 1.82) is 0 Å². The van der Waals surface area contributed by atoms with Crippen molar-refractivity contribution >= 4 is 38.6 Å². The van der Waals surface area contributed by atoms with E-state index < -0.39 is 10.0 Å². The standard InChI is InChI=1S/C17H21N3O3S2/c1-11(2)16-15(18-12(3)24-16)17(21)19-13-5-7-14(8-6-13)20-9-4-10-25(20,22)23/h5-8,11H,4,9-10H2,1-3H3,(H,19,21). The maximum Gasteiger partial charge on any atom is 0.275 e. The minimum atomic E-state index is -3.19. The molecular formula is C17H21N3O3S2. The van der Waals surface area contributed by atoms with E-state index in [-0.39, 0.29) is 17.6 Å². The van der Waals surface area contributed by atoms with E-state index in [1.54, 1.807) is 24.3 Å². The van der Waals surface area contributed by atoms with Crippen LogP contribution in [-0.4, -0.2) is 31.6 Å². The van der Waals surface area contributed by atoms with Gasteiger partial charge in [-0.2, -0.15) is 0 Å². The second-order valence-corrected chi connectivity index (χ2v) is 9.59.